The number of aromatic nitrogens is 2. The zero-order chi connectivity index (χ0) is 21.2. The molecule has 1 aromatic heterocycles. The van der Waals surface area contributed by atoms with Gasteiger partial charge in [-0.1, -0.05) is 31.8 Å². The molecule has 0 aliphatic rings. The van der Waals surface area contributed by atoms with Gasteiger partial charge in [0.15, 0.2) is 13.2 Å². The number of hydrogen-bond donors (Lipinski definition) is 1. The molecule has 0 saturated heterocycles. The average Bonchev–Trinajstić information content (AvgIpc) is 3.10. The third kappa shape index (κ3) is 8.33. The smallest absolute Gasteiger partial charge is 0.338 e. The van der Waals surface area contributed by atoms with E-state index in [0.29, 0.717) is 28.9 Å². The van der Waals surface area contributed by atoms with E-state index in [1.807, 2.05) is 6.92 Å². The minimum absolute atomic E-state index is 0.0550. The van der Waals surface area contributed by atoms with E-state index in [0.717, 1.165) is 19.3 Å². The Hall–Kier alpha value is -2.90. The normalized spacial score (nSPS) is 11.9. The molecule has 0 aliphatic carbocycles. The number of hydrogen-bond acceptors (Lipinski definition) is 7. The molecule has 1 unspecified atom stereocenters. The summed E-state index contributed by atoms with van der Waals surface area (Å²) in [7, 11) is 0. The highest BCUT2D eigenvalue weighted by molar-refractivity contribution is 5.91. The summed E-state index contributed by atoms with van der Waals surface area (Å²) < 4.78 is 15.5. The fourth-order valence-electron chi connectivity index (χ4n) is 2.67. The summed E-state index contributed by atoms with van der Waals surface area (Å²) in [6, 6.07) is 6.48. The lowest BCUT2D eigenvalue weighted by atomic mass is 10.0. The van der Waals surface area contributed by atoms with E-state index in [9.17, 15) is 9.59 Å². The largest absolute Gasteiger partial charge is 0.485 e. The molecule has 0 fully saturated rings. The fourth-order valence-corrected chi connectivity index (χ4v) is 2.67. The Labute approximate surface area is 171 Å². The molecule has 1 atom stereocenters. The summed E-state index contributed by atoms with van der Waals surface area (Å²) in [6.07, 6.45) is 3.09. The van der Waals surface area contributed by atoms with Crippen molar-refractivity contribution in [3.8, 4) is 5.75 Å². The molecule has 0 spiro atoms. The third-order valence-electron chi connectivity index (χ3n) is 4.19. The van der Waals surface area contributed by atoms with Crippen LogP contribution in [0.15, 0.2) is 28.8 Å². The summed E-state index contributed by atoms with van der Waals surface area (Å²) >= 11 is 0. The maximum absolute atomic E-state index is 12.1. The molecule has 0 radical (unpaired) electrons. The summed E-state index contributed by atoms with van der Waals surface area (Å²) in [5.74, 6) is 1.25. The van der Waals surface area contributed by atoms with Gasteiger partial charge in [0.1, 0.15) is 5.75 Å². The summed E-state index contributed by atoms with van der Waals surface area (Å²) in [5, 5.41) is 6.59. The van der Waals surface area contributed by atoms with E-state index in [1.54, 1.807) is 31.2 Å². The number of ether oxygens (including phenoxy) is 2. The Morgan fingerprint density at radius 1 is 1.14 bits per heavy atom. The third-order valence-corrected chi connectivity index (χ3v) is 4.19. The second-order valence-corrected chi connectivity index (χ2v) is 7.41. The zero-order valence-electron chi connectivity index (χ0n) is 17.4. The van der Waals surface area contributed by atoms with Gasteiger partial charge >= 0.3 is 5.97 Å². The number of esters is 1. The predicted molar refractivity (Wildman–Crippen MR) is 106 cm³/mol. The van der Waals surface area contributed by atoms with Crippen molar-refractivity contribution in [1.82, 2.24) is 15.5 Å². The number of aryl methyl sites for hydroxylation is 1. The minimum atomic E-state index is -0.562. The highest BCUT2D eigenvalue weighted by atomic mass is 16.5. The number of carbonyl (C=O) groups excluding carboxylic acids is 2. The monoisotopic (exact) mass is 403 g/mol. The quantitative estimate of drug-likeness (QED) is 0.573. The van der Waals surface area contributed by atoms with Gasteiger partial charge in [0.2, 0.25) is 11.7 Å². The molecule has 1 N–H and O–H groups in total. The van der Waals surface area contributed by atoms with Crippen molar-refractivity contribution in [2.75, 3.05) is 6.61 Å². The molecule has 0 aliphatic heterocycles. The number of carbonyl (C=O) groups is 2. The lowest BCUT2D eigenvalue weighted by Crippen LogP contribution is -2.35. The Bertz CT molecular complexity index is 786. The number of nitrogens with one attached hydrogen (secondary N) is 1. The average molecular weight is 403 g/mol. The first-order chi connectivity index (χ1) is 13.8. The molecule has 1 amide bonds. The van der Waals surface area contributed by atoms with Crippen LogP contribution in [0.4, 0.5) is 0 Å². The molecule has 1 heterocycles. The van der Waals surface area contributed by atoms with E-state index in [-0.39, 0.29) is 25.2 Å². The first-order valence-electron chi connectivity index (χ1n) is 9.82. The summed E-state index contributed by atoms with van der Waals surface area (Å²) in [4.78, 5) is 28.1. The molecule has 8 nitrogen and oxygen atoms in total. The highest BCUT2D eigenvalue weighted by Gasteiger charge is 2.13. The van der Waals surface area contributed by atoms with Gasteiger partial charge in [-0.15, -0.1) is 0 Å². The maximum Gasteiger partial charge on any atom is 0.338 e. The van der Waals surface area contributed by atoms with Crippen LogP contribution in [0.2, 0.25) is 0 Å². The van der Waals surface area contributed by atoms with Gasteiger partial charge in [0, 0.05) is 13.0 Å². The molecule has 0 saturated carbocycles. The van der Waals surface area contributed by atoms with Gasteiger partial charge in [-0.3, -0.25) is 4.79 Å². The van der Waals surface area contributed by atoms with Crippen LogP contribution >= 0.6 is 0 Å². The second kappa shape index (κ2) is 11.2. The van der Waals surface area contributed by atoms with Crippen LogP contribution in [0.25, 0.3) is 0 Å². The molecule has 0 bridgehead atoms. The van der Waals surface area contributed by atoms with E-state index in [4.69, 9.17) is 14.0 Å². The van der Waals surface area contributed by atoms with Crippen molar-refractivity contribution >= 4 is 11.9 Å². The topological polar surface area (TPSA) is 104 Å². The molecule has 29 heavy (non-hydrogen) atoms. The first-order valence-corrected chi connectivity index (χ1v) is 9.82. The van der Waals surface area contributed by atoms with Crippen LogP contribution in [0.5, 0.6) is 5.75 Å². The molecular weight excluding hydrogens is 374 g/mol. The van der Waals surface area contributed by atoms with Gasteiger partial charge in [-0.2, -0.15) is 4.98 Å². The van der Waals surface area contributed by atoms with Crippen LogP contribution in [0.1, 0.15) is 62.1 Å². The number of nitrogens with zero attached hydrogens (tertiary/aromatic N) is 2. The van der Waals surface area contributed by atoms with Crippen molar-refractivity contribution in [2.24, 2.45) is 5.92 Å². The molecule has 2 aromatic rings. The van der Waals surface area contributed by atoms with Crippen LogP contribution in [-0.2, 0) is 16.1 Å². The van der Waals surface area contributed by atoms with Gasteiger partial charge < -0.3 is 19.3 Å². The summed E-state index contributed by atoms with van der Waals surface area (Å²) in [6.45, 7) is 7.87. The van der Waals surface area contributed by atoms with Crippen molar-refractivity contribution in [3.05, 3.63) is 41.5 Å². The van der Waals surface area contributed by atoms with E-state index < -0.39 is 5.97 Å². The minimum Gasteiger partial charge on any atom is -0.485 e. The van der Waals surface area contributed by atoms with E-state index >= 15 is 0 Å². The first kappa shape index (κ1) is 22.4. The number of amides is 1. The Morgan fingerprint density at radius 2 is 1.86 bits per heavy atom. The molecule has 2 rings (SSSR count). The van der Waals surface area contributed by atoms with Crippen molar-refractivity contribution < 1.29 is 23.6 Å². The lowest BCUT2D eigenvalue weighted by Gasteiger charge is -2.14. The van der Waals surface area contributed by atoms with Crippen LogP contribution in [0.3, 0.4) is 0 Å². The van der Waals surface area contributed by atoms with Crippen molar-refractivity contribution in [3.63, 3.8) is 0 Å². The van der Waals surface area contributed by atoms with Gasteiger partial charge in [0.25, 0.3) is 5.91 Å². The number of rotatable bonds is 11. The molecular formula is C21H29N3O5. The lowest BCUT2D eigenvalue weighted by molar-refractivity contribution is -0.124. The van der Waals surface area contributed by atoms with Gasteiger partial charge in [-0.05, 0) is 43.5 Å². The van der Waals surface area contributed by atoms with Crippen LogP contribution in [-0.4, -0.2) is 34.7 Å². The standard InChI is InChI=1S/C21H29N3O5/c1-14(2)6-5-7-15(3)22-20(25)13-28-21(26)17-8-10-18(11-9-17)27-12-19-23-16(4)29-24-19/h8-11,14-15H,5-7,12-13H2,1-4H3,(H,22,25). The van der Waals surface area contributed by atoms with E-state index in [2.05, 4.69) is 29.3 Å². The zero-order valence-corrected chi connectivity index (χ0v) is 17.4. The number of benzene rings is 1. The predicted octanol–water partition coefficient (Wildman–Crippen LogP) is 3.44. The Kier molecular flexibility index (Phi) is 8.64. The van der Waals surface area contributed by atoms with Crippen molar-refractivity contribution in [1.29, 1.82) is 0 Å². The molecule has 158 valence electrons. The maximum atomic E-state index is 12.1. The SMILES string of the molecule is Cc1nc(COc2ccc(C(=O)OCC(=O)NC(C)CCCC(C)C)cc2)no1. The van der Waals surface area contributed by atoms with Gasteiger partial charge in [0.05, 0.1) is 5.56 Å². The second-order valence-electron chi connectivity index (χ2n) is 7.41. The molecule has 8 heteroatoms. The Balaban J connectivity index is 1.70. The van der Waals surface area contributed by atoms with Gasteiger partial charge in [-0.25, -0.2) is 4.79 Å². The Morgan fingerprint density at radius 3 is 2.48 bits per heavy atom. The summed E-state index contributed by atoms with van der Waals surface area (Å²) in [5.41, 5.74) is 0.338. The van der Waals surface area contributed by atoms with Crippen LogP contribution < -0.4 is 10.1 Å². The highest BCUT2D eigenvalue weighted by Crippen LogP contribution is 2.14. The fraction of sp³-hybridized carbons (Fsp3) is 0.524. The van der Waals surface area contributed by atoms with Crippen molar-refractivity contribution in [2.45, 2.75) is 59.6 Å². The molecule has 1 aromatic carbocycles. The van der Waals surface area contributed by atoms with Crippen LogP contribution in [0, 0.1) is 12.8 Å². The van der Waals surface area contributed by atoms with E-state index in [1.165, 1.54) is 0 Å².